The van der Waals surface area contributed by atoms with E-state index in [-0.39, 0.29) is 6.61 Å². The van der Waals surface area contributed by atoms with Gasteiger partial charge in [-0.1, -0.05) is 39.8 Å². The minimum atomic E-state index is 0.0430. The number of aliphatic hydroxyl groups excluding tert-OH is 1. The van der Waals surface area contributed by atoms with E-state index in [4.69, 9.17) is 9.84 Å². The van der Waals surface area contributed by atoms with E-state index in [1.54, 1.807) is 0 Å². The third-order valence-corrected chi connectivity index (χ3v) is 1.84. The topological polar surface area (TPSA) is 29.5 Å². The first kappa shape index (κ1) is 16.9. The van der Waals surface area contributed by atoms with Gasteiger partial charge in [0.1, 0.15) is 12.4 Å². The van der Waals surface area contributed by atoms with Crippen molar-refractivity contribution in [2.24, 2.45) is 0 Å². The second-order valence-electron chi connectivity index (χ2n) is 2.00. The Kier molecular flexibility index (Phi) is 15.1. The van der Waals surface area contributed by atoms with Gasteiger partial charge in [0.15, 0.2) is 0 Å². The molecule has 0 spiro atoms. The lowest BCUT2D eigenvalue weighted by Gasteiger charge is -2.04. The lowest BCUT2D eigenvalue weighted by atomic mass is 10.3. The number of hydrogen-bond acceptors (Lipinski definition) is 2. The highest BCUT2D eigenvalue weighted by Crippen LogP contribution is 2.23. The van der Waals surface area contributed by atoms with Crippen LogP contribution in [0.3, 0.4) is 0 Å². The van der Waals surface area contributed by atoms with Crippen LogP contribution in [0, 0.1) is 0 Å². The Morgan fingerprint density at radius 3 is 2.13 bits per heavy atom. The van der Waals surface area contributed by atoms with Crippen LogP contribution in [-0.2, 0) is 0 Å². The van der Waals surface area contributed by atoms with Gasteiger partial charge in [-0.15, -0.1) is 0 Å². The number of rotatable bonds is 3. The first-order valence-electron chi connectivity index (χ1n) is 5.33. The maximum atomic E-state index is 8.48. The van der Waals surface area contributed by atoms with Gasteiger partial charge < -0.3 is 9.84 Å². The standard InChI is InChI=1S/C8H9BrO2.2C2H6/c9-7-3-1-2-4-8(7)11-6-5-10;2*1-2/h1-4,10H,5-6H2;2*1-2H3. The van der Waals surface area contributed by atoms with Crippen LogP contribution in [0.4, 0.5) is 0 Å². The molecular formula is C12H21BrO2. The van der Waals surface area contributed by atoms with Crippen LogP contribution in [0.5, 0.6) is 5.75 Å². The van der Waals surface area contributed by atoms with E-state index in [1.807, 2.05) is 52.0 Å². The minimum absolute atomic E-state index is 0.0430. The van der Waals surface area contributed by atoms with Crippen molar-refractivity contribution in [2.45, 2.75) is 27.7 Å². The highest BCUT2D eigenvalue weighted by atomic mass is 79.9. The van der Waals surface area contributed by atoms with E-state index in [0.29, 0.717) is 6.61 Å². The molecule has 2 nitrogen and oxygen atoms in total. The van der Waals surface area contributed by atoms with Gasteiger partial charge in [-0.05, 0) is 28.1 Å². The van der Waals surface area contributed by atoms with Crippen LogP contribution in [0.15, 0.2) is 28.7 Å². The summed E-state index contributed by atoms with van der Waals surface area (Å²) < 4.78 is 6.10. The molecule has 0 radical (unpaired) electrons. The summed E-state index contributed by atoms with van der Waals surface area (Å²) >= 11 is 3.32. The molecule has 0 saturated heterocycles. The monoisotopic (exact) mass is 276 g/mol. The molecule has 0 aromatic heterocycles. The molecular weight excluding hydrogens is 256 g/mol. The summed E-state index contributed by atoms with van der Waals surface area (Å²) in [6.07, 6.45) is 0. The summed E-state index contributed by atoms with van der Waals surface area (Å²) in [7, 11) is 0. The van der Waals surface area contributed by atoms with Gasteiger partial charge in [0.05, 0.1) is 11.1 Å². The average molecular weight is 277 g/mol. The van der Waals surface area contributed by atoms with E-state index in [9.17, 15) is 0 Å². The molecule has 0 aliphatic rings. The van der Waals surface area contributed by atoms with E-state index in [0.717, 1.165) is 10.2 Å². The quantitative estimate of drug-likeness (QED) is 0.908. The summed E-state index contributed by atoms with van der Waals surface area (Å²) in [6.45, 7) is 8.38. The zero-order chi connectivity index (χ0) is 12.1. The summed E-state index contributed by atoms with van der Waals surface area (Å²) in [5.74, 6) is 0.765. The number of ether oxygens (including phenoxy) is 1. The fraction of sp³-hybridized carbons (Fsp3) is 0.500. The summed E-state index contributed by atoms with van der Waals surface area (Å²) in [5, 5.41) is 8.48. The van der Waals surface area contributed by atoms with E-state index in [1.165, 1.54) is 0 Å². The molecule has 0 amide bonds. The molecule has 1 aromatic rings. The summed E-state index contributed by atoms with van der Waals surface area (Å²) in [4.78, 5) is 0. The first-order valence-corrected chi connectivity index (χ1v) is 6.12. The SMILES string of the molecule is CC.CC.OCCOc1ccccc1Br. The van der Waals surface area contributed by atoms with Crippen LogP contribution >= 0.6 is 15.9 Å². The molecule has 0 bridgehead atoms. The fourth-order valence-electron chi connectivity index (χ4n) is 0.717. The Morgan fingerprint density at radius 1 is 1.13 bits per heavy atom. The molecule has 0 fully saturated rings. The number of aliphatic hydroxyl groups is 1. The van der Waals surface area contributed by atoms with Gasteiger partial charge >= 0.3 is 0 Å². The maximum Gasteiger partial charge on any atom is 0.133 e. The Morgan fingerprint density at radius 2 is 1.67 bits per heavy atom. The van der Waals surface area contributed by atoms with Crippen molar-refractivity contribution in [1.82, 2.24) is 0 Å². The van der Waals surface area contributed by atoms with Crippen molar-refractivity contribution in [3.63, 3.8) is 0 Å². The third-order valence-electron chi connectivity index (χ3n) is 1.19. The van der Waals surface area contributed by atoms with E-state index in [2.05, 4.69) is 15.9 Å². The smallest absolute Gasteiger partial charge is 0.133 e. The Bertz CT molecular complexity index is 227. The largest absolute Gasteiger partial charge is 0.490 e. The van der Waals surface area contributed by atoms with E-state index >= 15 is 0 Å². The number of halogens is 1. The lowest BCUT2D eigenvalue weighted by molar-refractivity contribution is 0.200. The predicted molar refractivity (Wildman–Crippen MR) is 69.4 cm³/mol. The van der Waals surface area contributed by atoms with Gasteiger partial charge in [-0.25, -0.2) is 0 Å². The van der Waals surface area contributed by atoms with E-state index < -0.39 is 0 Å². The second-order valence-corrected chi connectivity index (χ2v) is 2.86. The first-order chi connectivity index (χ1) is 7.34. The molecule has 0 aliphatic heterocycles. The molecule has 0 saturated carbocycles. The molecule has 0 atom stereocenters. The Labute approximate surface area is 101 Å². The van der Waals surface area contributed by atoms with Crippen molar-refractivity contribution in [3.8, 4) is 5.75 Å². The summed E-state index contributed by atoms with van der Waals surface area (Å²) in [5.41, 5.74) is 0. The molecule has 15 heavy (non-hydrogen) atoms. The maximum absolute atomic E-state index is 8.48. The third kappa shape index (κ3) is 8.45. The number of benzene rings is 1. The molecule has 3 heteroatoms. The van der Waals surface area contributed by atoms with Crippen LogP contribution in [0.25, 0.3) is 0 Å². The number of para-hydroxylation sites is 1. The minimum Gasteiger partial charge on any atom is -0.490 e. The molecule has 0 heterocycles. The lowest BCUT2D eigenvalue weighted by Crippen LogP contribution is -2.01. The fourth-order valence-corrected chi connectivity index (χ4v) is 1.12. The average Bonchev–Trinajstić information content (AvgIpc) is 2.33. The predicted octanol–water partition coefficient (Wildman–Crippen LogP) is 3.87. The Balaban J connectivity index is 0. The highest BCUT2D eigenvalue weighted by molar-refractivity contribution is 9.10. The van der Waals surface area contributed by atoms with Gasteiger partial charge in [0.25, 0.3) is 0 Å². The van der Waals surface area contributed by atoms with Crippen molar-refractivity contribution in [3.05, 3.63) is 28.7 Å². The van der Waals surface area contributed by atoms with Crippen molar-refractivity contribution >= 4 is 15.9 Å². The van der Waals surface area contributed by atoms with Gasteiger partial charge in [0.2, 0.25) is 0 Å². The van der Waals surface area contributed by atoms with Crippen LogP contribution in [-0.4, -0.2) is 18.3 Å². The second kappa shape index (κ2) is 13.5. The summed E-state index contributed by atoms with van der Waals surface area (Å²) in [6, 6.07) is 7.54. The Hall–Kier alpha value is -0.540. The zero-order valence-electron chi connectivity index (χ0n) is 9.96. The molecule has 1 rings (SSSR count). The van der Waals surface area contributed by atoms with Crippen LogP contribution in [0.2, 0.25) is 0 Å². The van der Waals surface area contributed by atoms with Crippen molar-refractivity contribution in [2.75, 3.05) is 13.2 Å². The molecule has 0 unspecified atom stereocenters. The van der Waals surface area contributed by atoms with Gasteiger partial charge in [-0.2, -0.15) is 0 Å². The van der Waals surface area contributed by atoms with Crippen molar-refractivity contribution in [1.29, 1.82) is 0 Å². The molecule has 1 N–H and O–H groups in total. The van der Waals surface area contributed by atoms with Gasteiger partial charge in [0, 0.05) is 0 Å². The highest BCUT2D eigenvalue weighted by Gasteiger charge is 1.96. The molecule has 88 valence electrons. The van der Waals surface area contributed by atoms with Crippen molar-refractivity contribution < 1.29 is 9.84 Å². The van der Waals surface area contributed by atoms with Crippen LogP contribution < -0.4 is 4.74 Å². The normalized spacial score (nSPS) is 7.87. The molecule has 1 aromatic carbocycles. The van der Waals surface area contributed by atoms with Crippen LogP contribution in [0.1, 0.15) is 27.7 Å². The van der Waals surface area contributed by atoms with Gasteiger partial charge in [-0.3, -0.25) is 0 Å². The zero-order valence-corrected chi connectivity index (χ0v) is 11.5. The number of hydrogen-bond donors (Lipinski definition) is 1. The molecule has 0 aliphatic carbocycles.